The zero-order valence-electron chi connectivity index (χ0n) is 20.5. The van der Waals surface area contributed by atoms with Crippen molar-refractivity contribution in [3.05, 3.63) is 94.1 Å². The molecule has 0 bridgehead atoms. The molecule has 0 spiro atoms. The maximum atomic E-state index is 15.1. The van der Waals surface area contributed by atoms with E-state index in [1.165, 1.54) is 0 Å². The van der Waals surface area contributed by atoms with Crippen LogP contribution >= 0.6 is 0 Å². The summed E-state index contributed by atoms with van der Waals surface area (Å²) in [5.74, 6) is -6.03. The third kappa shape index (κ3) is 5.58. The van der Waals surface area contributed by atoms with Crippen LogP contribution in [0.4, 0.5) is 23.4 Å². The number of ketones is 1. The number of pyridine rings is 1. The molecule has 7 nitrogen and oxygen atoms in total. The molecule has 3 aromatic rings. The van der Waals surface area contributed by atoms with Gasteiger partial charge in [0, 0.05) is 37.6 Å². The average molecular weight is 534 g/mol. The van der Waals surface area contributed by atoms with Crippen LogP contribution in [0.15, 0.2) is 47.3 Å². The monoisotopic (exact) mass is 533 g/mol. The molecule has 1 saturated heterocycles. The number of nitrogens with zero attached hydrogens (tertiary/aromatic N) is 2. The Kier molecular flexibility index (Phi) is 8.17. The van der Waals surface area contributed by atoms with E-state index in [1.54, 1.807) is 0 Å². The highest BCUT2D eigenvalue weighted by atomic mass is 19.1. The minimum atomic E-state index is -1.15. The lowest BCUT2D eigenvalue weighted by Gasteiger charge is -2.40. The highest BCUT2D eigenvalue weighted by Crippen LogP contribution is 2.27. The van der Waals surface area contributed by atoms with Gasteiger partial charge in [0.15, 0.2) is 17.4 Å². The van der Waals surface area contributed by atoms with Crippen LogP contribution in [0.25, 0.3) is 5.69 Å². The molecular weight excluding hydrogens is 506 g/mol. The van der Waals surface area contributed by atoms with Crippen LogP contribution in [-0.2, 0) is 4.74 Å². The van der Waals surface area contributed by atoms with E-state index >= 15 is 8.78 Å². The number of anilines is 1. The Hall–Kier alpha value is -3.70. The smallest absolute Gasteiger partial charge is 0.256 e. The molecule has 38 heavy (non-hydrogen) atoms. The summed E-state index contributed by atoms with van der Waals surface area (Å²) in [5, 5.41) is 0. The second kappa shape index (κ2) is 11.4. The van der Waals surface area contributed by atoms with Crippen molar-refractivity contribution in [2.75, 3.05) is 51.7 Å². The Morgan fingerprint density at radius 1 is 1.00 bits per heavy atom. The van der Waals surface area contributed by atoms with Crippen molar-refractivity contribution in [2.24, 2.45) is 0 Å². The van der Waals surface area contributed by atoms with Crippen molar-refractivity contribution in [2.45, 2.75) is 6.42 Å². The average Bonchev–Trinajstić information content (AvgIpc) is 2.88. The topological polar surface area (TPSA) is 83.5 Å². The lowest BCUT2D eigenvalue weighted by atomic mass is 10.0. The molecular formula is C27H27F4N3O4+. The predicted octanol–water partition coefficient (Wildman–Crippen LogP) is 3.66. The van der Waals surface area contributed by atoms with Crippen LogP contribution in [0.2, 0.25) is 0 Å². The maximum Gasteiger partial charge on any atom is 0.256 e. The van der Waals surface area contributed by atoms with Crippen molar-refractivity contribution in [3.8, 4) is 11.4 Å². The summed E-state index contributed by atoms with van der Waals surface area (Å²) in [5.41, 5.74) is 3.33. The van der Waals surface area contributed by atoms with E-state index in [0.29, 0.717) is 36.8 Å². The molecule has 0 amide bonds. The van der Waals surface area contributed by atoms with Crippen LogP contribution < -0.4 is 16.0 Å². The Morgan fingerprint density at radius 3 is 2.29 bits per heavy atom. The largest absolute Gasteiger partial charge is 0.493 e. The molecule has 2 heterocycles. The first kappa shape index (κ1) is 27.3. The lowest BCUT2D eigenvalue weighted by Crippen LogP contribution is -2.55. The van der Waals surface area contributed by atoms with Gasteiger partial charge in [-0.2, -0.15) is 0 Å². The zero-order chi connectivity index (χ0) is 27.4. The molecule has 4 rings (SSSR count). The summed E-state index contributed by atoms with van der Waals surface area (Å²) in [4.78, 5) is 25.4. The van der Waals surface area contributed by atoms with E-state index in [-0.39, 0.29) is 17.9 Å². The number of hydrogen-bond donors (Lipinski definition) is 1. The number of morpholine rings is 1. The number of rotatable bonds is 9. The number of nitrogens with two attached hydrogens (primary N) is 1. The van der Waals surface area contributed by atoms with Crippen LogP contribution in [-0.4, -0.2) is 60.8 Å². The molecule has 0 unspecified atom stereocenters. The zero-order valence-corrected chi connectivity index (χ0v) is 20.5. The van der Waals surface area contributed by atoms with E-state index in [2.05, 4.69) is 6.92 Å². The van der Waals surface area contributed by atoms with Gasteiger partial charge in [0.25, 0.3) is 5.56 Å². The fourth-order valence-electron chi connectivity index (χ4n) is 4.51. The van der Waals surface area contributed by atoms with Crippen molar-refractivity contribution in [1.29, 1.82) is 0 Å². The van der Waals surface area contributed by atoms with Gasteiger partial charge >= 0.3 is 0 Å². The number of carbonyl (C=O) groups excluding carboxylic acids is 1. The van der Waals surface area contributed by atoms with Gasteiger partial charge in [0.05, 0.1) is 44.0 Å². The molecule has 1 fully saturated rings. The molecule has 201 valence electrons. The first-order valence-electron chi connectivity index (χ1n) is 12.0. The van der Waals surface area contributed by atoms with E-state index in [4.69, 9.17) is 15.2 Å². The first-order valence-corrected chi connectivity index (χ1v) is 12.0. The highest BCUT2D eigenvalue weighted by Gasteiger charge is 2.28. The Balaban J connectivity index is 1.56. The number of benzene rings is 2. The van der Waals surface area contributed by atoms with E-state index < -0.39 is 51.7 Å². The number of ether oxygens (including phenoxy) is 2. The molecule has 2 aromatic carbocycles. The van der Waals surface area contributed by atoms with Crippen LogP contribution in [0.5, 0.6) is 5.75 Å². The SMILES string of the molecule is [CH2]C[N+]1(CCCOc2cc(F)c(-n3c(N)c(C(=O)c4ccc(F)cc4F)ccc3=O)c(F)c2)CCOCC1. The third-order valence-electron chi connectivity index (χ3n) is 6.70. The molecule has 1 aromatic heterocycles. The van der Waals surface area contributed by atoms with Gasteiger partial charge in [0.1, 0.15) is 42.0 Å². The summed E-state index contributed by atoms with van der Waals surface area (Å²) in [6.07, 6.45) is 0.622. The molecule has 1 aliphatic heterocycles. The molecule has 0 saturated carbocycles. The molecule has 2 N–H and O–H groups in total. The van der Waals surface area contributed by atoms with Gasteiger partial charge < -0.3 is 19.7 Å². The van der Waals surface area contributed by atoms with Crippen LogP contribution in [0, 0.1) is 30.2 Å². The number of carbonyl (C=O) groups is 1. The summed E-state index contributed by atoms with van der Waals surface area (Å²) in [6.45, 7) is 8.69. The summed E-state index contributed by atoms with van der Waals surface area (Å²) >= 11 is 0. The van der Waals surface area contributed by atoms with Crippen molar-refractivity contribution in [3.63, 3.8) is 0 Å². The molecule has 0 atom stereocenters. The van der Waals surface area contributed by atoms with Gasteiger partial charge in [-0.25, -0.2) is 17.6 Å². The first-order chi connectivity index (χ1) is 18.2. The molecule has 0 aliphatic carbocycles. The highest BCUT2D eigenvalue weighted by molar-refractivity contribution is 6.11. The van der Waals surface area contributed by atoms with Crippen molar-refractivity contribution >= 4 is 11.6 Å². The van der Waals surface area contributed by atoms with Crippen molar-refractivity contribution < 1.29 is 36.3 Å². The van der Waals surface area contributed by atoms with Gasteiger partial charge in [-0.3, -0.25) is 14.2 Å². The van der Waals surface area contributed by atoms with Gasteiger partial charge in [0.2, 0.25) is 0 Å². The molecule has 1 radical (unpaired) electrons. The Bertz CT molecular complexity index is 1380. The van der Waals surface area contributed by atoms with E-state index in [1.807, 2.05) is 0 Å². The molecule has 1 aliphatic rings. The fourth-order valence-corrected chi connectivity index (χ4v) is 4.51. The quantitative estimate of drug-likeness (QED) is 0.197. The summed E-state index contributed by atoms with van der Waals surface area (Å²) < 4.78 is 69.8. The predicted molar refractivity (Wildman–Crippen MR) is 132 cm³/mol. The summed E-state index contributed by atoms with van der Waals surface area (Å²) in [7, 11) is 0. The number of aromatic nitrogens is 1. The van der Waals surface area contributed by atoms with Gasteiger partial charge in [-0.15, -0.1) is 0 Å². The standard InChI is InChI=1S/C27H26F4N3O4/c1-2-34(9-12-37-13-10-34)8-3-11-38-18-15-22(30)25(23(31)16-18)33-24(35)7-6-20(27(33)32)26(36)19-5-4-17(28)14-21(19)29/h4-7,14-16H,1-3,8-13H2,(H-,32,35,36)/p+1. The minimum absolute atomic E-state index is 0.0841. The Morgan fingerprint density at radius 2 is 1.66 bits per heavy atom. The van der Waals surface area contributed by atoms with Gasteiger partial charge in [-0.1, -0.05) is 0 Å². The normalized spacial score (nSPS) is 14.9. The fraction of sp³-hybridized carbons (Fsp3) is 0.296. The Labute approximate surface area is 216 Å². The van der Waals surface area contributed by atoms with E-state index in [0.717, 1.165) is 60.5 Å². The lowest BCUT2D eigenvalue weighted by molar-refractivity contribution is -0.930. The van der Waals surface area contributed by atoms with Crippen LogP contribution in [0.3, 0.4) is 0 Å². The molecule has 11 heteroatoms. The number of quaternary nitrogens is 1. The minimum Gasteiger partial charge on any atom is -0.493 e. The van der Waals surface area contributed by atoms with Gasteiger partial charge in [-0.05, 0) is 18.2 Å². The number of nitrogen functional groups attached to an aromatic ring is 1. The summed E-state index contributed by atoms with van der Waals surface area (Å²) in [6, 6.07) is 6.03. The second-order valence-electron chi connectivity index (χ2n) is 9.05. The van der Waals surface area contributed by atoms with E-state index in [9.17, 15) is 18.4 Å². The van der Waals surface area contributed by atoms with Crippen LogP contribution in [0.1, 0.15) is 22.3 Å². The van der Waals surface area contributed by atoms with Crippen molar-refractivity contribution in [1.82, 2.24) is 4.57 Å². The maximum absolute atomic E-state index is 15.1. The second-order valence-corrected chi connectivity index (χ2v) is 9.05. The third-order valence-corrected chi connectivity index (χ3v) is 6.70. The number of hydrogen-bond acceptors (Lipinski definition) is 5. The number of halogens is 4.